The van der Waals surface area contributed by atoms with E-state index in [0.717, 1.165) is 30.6 Å². The molecule has 0 saturated heterocycles. The molecule has 6 heteroatoms. The van der Waals surface area contributed by atoms with Crippen molar-refractivity contribution in [1.29, 1.82) is 0 Å². The first kappa shape index (κ1) is 15.1. The second-order valence-electron chi connectivity index (χ2n) is 6.48. The maximum Gasteiger partial charge on any atom is 0.261 e. The van der Waals surface area contributed by atoms with Gasteiger partial charge in [-0.15, -0.1) is 0 Å². The number of hydrogen-bond acceptors (Lipinski definition) is 4. The van der Waals surface area contributed by atoms with Gasteiger partial charge in [0.25, 0.3) is 5.56 Å². The minimum absolute atomic E-state index is 0.00918. The van der Waals surface area contributed by atoms with E-state index in [4.69, 9.17) is 0 Å². The van der Waals surface area contributed by atoms with E-state index in [0.29, 0.717) is 11.9 Å². The van der Waals surface area contributed by atoms with Gasteiger partial charge in [-0.3, -0.25) is 14.5 Å². The molecule has 0 fully saturated rings. The lowest BCUT2D eigenvalue weighted by Crippen LogP contribution is -2.34. The van der Waals surface area contributed by atoms with Gasteiger partial charge in [-0.2, -0.15) is 5.10 Å². The quantitative estimate of drug-likeness (QED) is 0.750. The number of aromatic nitrogens is 4. The fourth-order valence-corrected chi connectivity index (χ4v) is 3.40. The van der Waals surface area contributed by atoms with Crippen molar-refractivity contribution in [3.05, 3.63) is 57.9 Å². The van der Waals surface area contributed by atoms with Gasteiger partial charge in [-0.05, 0) is 43.9 Å². The third kappa shape index (κ3) is 2.73. The average molecular weight is 323 g/mol. The summed E-state index contributed by atoms with van der Waals surface area (Å²) in [5.41, 5.74) is 4.52. The predicted molar refractivity (Wildman–Crippen MR) is 92.9 cm³/mol. The Morgan fingerprint density at radius 2 is 2.21 bits per heavy atom. The molecule has 1 aromatic carbocycles. The van der Waals surface area contributed by atoms with Gasteiger partial charge in [0.05, 0.1) is 22.9 Å². The molecule has 1 aliphatic carbocycles. The molecule has 3 aromatic rings. The molecule has 0 aliphatic heterocycles. The van der Waals surface area contributed by atoms with Crippen LogP contribution in [-0.2, 0) is 25.9 Å². The van der Waals surface area contributed by atoms with Gasteiger partial charge in [0, 0.05) is 24.8 Å². The average Bonchev–Trinajstić information content (AvgIpc) is 3.20. The van der Waals surface area contributed by atoms with Crippen molar-refractivity contribution in [2.24, 2.45) is 0 Å². The standard InChI is InChI=1S/C18H21N5O/c1-12(19-9-17-13-6-4-8-16(13)21-22-17)10-23-11-20-15-7-3-2-5-14(15)18(23)24/h2-3,5,7,11-12,19H,4,6,8-10H2,1H3,(H,21,22)/t12-/m1/s1. The van der Waals surface area contributed by atoms with Crippen LogP contribution in [0.3, 0.4) is 0 Å². The van der Waals surface area contributed by atoms with Crippen LogP contribution >= 0.6 is 0 Å². The minimum atomic E-state index is 0.00918. The lowest BCUT2D eigenvalue weighted by atomic mass is 10.2. The van der Waals surface area contributed by atoms with Gasteiger partial charge < -0.3 is 5.32 Å². The number of H-pyrrole nitrogens is 1. The highest BCUT2D eigenvalue weighted by Gasteiger charge is 2.18. The van der Waals surface area contributed by atoms with Crippen LogP contribution in [0, 0.1) is 0 Å². The molecule has 0 unspecified atom stereocenters. The van der Waals surface area contributed by atoms with Crippen molar-refractivity contribution in [3.8, 4) is 0 Å². The van der Waals surface area contributed by atoms with Crippen LogP contribution in [0.4, 0.5) is 0 Å². The Kier molecular flexibility index (Phi) is 3.90. The summed E-state index contributed by atoms with van der Waals surface area (Å²) in [7, 11) is 0. The smallest absolute Gasteiger partial charge is 0.261 e. The van der Waals surface area contributed by atoms with Crippen LogP contribution < -0.4 is 10.9 Å². The molecule has 0 spiro atoms. The summed E-state index contributed by atoms with van der Waals surface area (Å²) in [6.07, 6.45) is 5.07. The predicted octanol–water partition coefficient (Wildman–Crippen LogP) is 1.79. The summed E-state index contributed by atoms with van der Waals surface area (Å²) in [5, 5.41) is 11.7. The number of fused-ring (bicyclic) bond motifs is 2. The molecule has 2 N–H and O–H groups in total. The van der Waals surface area contributed by atoms with E-state index in [1.54, 1.807) is 10.9 Å². The molecule has 0 amide bonds. The molecule has 2 heterocycles. The summed E-state index contributed by atoms with van der Waals surface area (Å²) in [6, 6.07) is 7.60. The maximum absolute atomic E-state index is 12.5. The molecule has 0 radical (unpaired) electrons. The van der Waals surface area contributed by atoms with E-state index >= 15 is 0 Å². The zero-order valence-corrected chi connectivity index (χ0v) is 13.7. The molecule has 24 heavy (non-hydrogen) atoms. The van der Waals surface area contributed by atoms with Crippen molar-refractivity contribution in [2.75, 3.05) is 0 Å². The molecule has 0 saturated carbocycles. The van der Waals surface area contributed by atoms with E-state index in [2.05, 4.69) is 27.4 Å². The van der Waals surface area contributed by atoms with Crippen molar-refractivity contribution in [1.82, 2.24) is 25.1 Å². The normalized spacial score (nSPS) is 14.9. The first-order valence-electron chi connectivity index (χ1n) is 8.45. The van der Waals surface area contributed by atoms with Crippen LogP contribution in [0.1, 0.15) is 30.3 Å². The fourth-order valence-electron chi connectivity index (χ4n) is 3.40. The number of nitrogens with zero attached hydrogens (tertiary/aromatic N) is 3. The summed E-state index contributed by atoms with van der Waals surface area (Å²) in [6.45, 7) is 3.39. The van der Waals surface area contributed by atoms with Crippen LogP contribution in [0.25, 0.3) is 10.9 Å². The lowest BCUT2D eigenvalue weighted by Gasteiger charge is -2.15. The molecule has 1 atom stereocenters. The maximum atomic E-state index is 12.5. The number of aryl methyl sites for hydroxylation is 1. The summed E-state index contributed by atoms with van der Waals surface area (Å²) < 4.78 is 1.68. The Balaban J connectivity index is 1.45. The molecule has 6 nitrogen and oxygen atoms in total. The number of nitrogens with one attached hydrogen (secondary N) is 2. The zero-order valence-electron chi connectivity index (χ0n) is 13.7. The molecular formula is C18H21N5O. The third-order valence-corrected chi connectivity index (χ3v) is 4.71. The molecule has 124 valence electrons. The molecule has 2 aromatic heterocycles. The molecular weight excluding hydrogens is 302 g/mol. The number of para-hydroxylation sites is 1. The van der Waals surface area contributed by atoms with Gasteiger partial charge in [0.15, 0.2) is 0 Å². The second kappa shape index (κ2) is 6.20. The lowest BCUT2D eigenvalue weighted by molar-refractivity contribution is 0.463. The number of benzene rings is 1. The van der Waals surface area contributed by atoms with Crippen LogP contribution in [0.2, 0.25) is 0 Å². The van der Waals surface area contributed by atoms with Crippen molar-refractivity contribution >= 4 is 10.9 Å². The van der Waals surface area contributed by atoms with Crippen molar-refractivity contribution < 1.29 is 0 Å². The van der Waals surface area contributed by atoms with Crippen molar-refractivity contribution in [3.63, 3.8) is 0 Å². The minimum Gasteiger partial charge on any atom is -0.307 e. The third-order valence-electron chi connectivity index (χ3n) is 4.71. The number of hydrogen-bond donors (Lipinski definition) is 2. The van der Waals surface area contributed by atoms with Gasteiger partial charge in [-0.1, -0.05) is 12.1 Å². The monoisotopic (exact) mass is 323 g/mol. The summed E-state index contributed by atoms with van der Waals surface area (Å²) >= 11 is 0. The van der Waals surface area contributed by atoms with E-state index in [1.165, 1.54) is 17.7 Å². The Bertz CT molecular complexity index is 927. The van der Waals surface area contributed by atoms with Gasteiger partial charge in [-0.25, -0.2) is 4.98 Å². The first-order valence-corrected chi connectivity index (χ1v) is 8.45. The van der Waals surface area contributed by atoms with Crippen LogP contribution in [0.15, 0.2) is 35.4 Å². The van der Waals surface area contributed by atoms with E-state index in [9.17, 15) is 4.79 Å². The summed E-state index contributed by atoms with van der Waals surface area (Å²) in [5.74, 6) is 0. The number of aromatic amines is 1. The SMILES string of the molecule is C[C@H](Cn1cnc2ccccc2c1=O)NCc1n[nH]c2c1CCC2. The first-order chi connectivity index (χ1) is 11.7. The van der Waals surface area contributed by atoms with Crippen LogP contribution in [0.5, 0.6) is 0 Å². The largest absolute Gasteiger partial charge is 0.307 e. The van der Waals surface area contributed by atoms with Gasteiger partial charge >= 0.3 is 0 Å². The zero-order chi connectivity index (χ0) is 16.5. The van der Waals surface area contributed by atoms with Gasteiger partial charge in [0.2, 0.25) is 0 Å². The Hall–Kier alpha value is -2.47. The second-order valence-corrected chi connectivity index (χ2v) is 6.48. The molecule has 1 aliphatic rings. The Morgan fingerprint density at radius 1 is 1.33 bits per heavy atom. The van der Waals surface area contributed by atoms with Crippen LogP contribution in [-0.4, -0.2) is 25.8 Å². The van der Waals surface area contributed by atoms with Gasteiger partial charge in [0.1, 0.15) is 0 Å². The highest BCUT2D eigenvalue weighted by molar-refractivity contribution is 5.76. The van der Waals surface area contributed by atoms with Crippen molar-refractivity contribution in [2.45, 2.75) is 45.3 Å². The topological polar surface area (TPSA) is 75.6 Å². The molecule has 0 bridgehead atoms. The highest BCUT2D eigenvalue weighted by atomic mass is 16.1. The molecule has 4 rings (SSSR count). The number of rotatable bonds is 5. The summed E-state index contributed by atoms with van der Waals surface area (Å²) in [4.78, 5) is 16.9. The van der Waals surface area contributed by atoms with E-state index in [1.807, 2.05) is 24.3 Å². The Morgan fingerprint density at radius 3 is 3.12 bits per heavy atom. The Labute approximate surface area is 139 Å². The van der Waals surface area contributed by atoms with E-state index in [-0.39, 0.29) is 11.6 Å². The van der Waals surface area contributed by atoms with E-state index < -0.39 is 0 Å². The highest BCUT2D eigenvalue weighted by Crippen LogP contribution is 2.22. The fraction of sp³-hybridized carbons (Fsp3) is 0.389.